The lowest BCUT2D eigenvalue weighted by Gasteiger charge is -2.30. The molecule has 9 heteroatoms. The Morgan fingerprint density at radius 3 is 2.35 bits per heavy atom. The van der Waals surface area contributed by atoms with Gasteiger partial charge in [0.15, 0.2) is 0 Å². The van der Waals surface area contributed by atoms with Gasteiger partial charge in [0, 0.05) is 26.2 Å². The van der Waals surface area contributed by atoms with Gasteiger partial charge in [-0.1, -0.05) is 19.3 Å². The number of rotatable bonds is 2. The maximum absolute atomic E-state index is 12.8. The normalized spacial score (nSPS) is 23.0. The van der Waals surface area contributed by atoms with Crippen molar-refractivity contribution in [2.24, 2.45) is 0 Å². The zero-order valence-corrected chi connectivity index (χ0v) is 15.2. The Bertz CT molecular complexity index is 602. The van der Waals surface area contributed by atoms with Crippen LogP contribution >= 0.6 is 0 Å². The number of nitrogens with one attached hydrogen (secondary N) is 1. The van der Waals surface area contributed by atoms with Crippen LogP contribution in [0.1, 0.15) is 38.5 Å². The maximum atomic E-state index is 12.8. The monoisotopic (exact) mass is 366 g/mol. The van der Waals surface area contributed by atoms with Crippen LogP contribution in [0.3, 0.4) is 0 Å². The van der Waals surface area contributed by atoms with Crippen LogP contribution in [-0.4, -0.2) is 84.0 Å². The third kappa shape index (κ3) is 3.47. The van der Waals surface area contributed by atoms with E-state index in [0.29, 0.717) is 45.4 Å². The van der Waals surface area contributed by atoms with Crippen molar-refractivity contribution in [1.82, 2.24) is 20.0 Å². The lowest BCUT2D eigenvalue weighted by Crippen LogP contribution is -2.49. The molecule has 1 saturated carbocycles. The summed E-state index contributed by atoms with van der Waals surface area (Å²) in [5, 5.41) is 2.82. The second-order valence-electron chi connectivity index (χ2n) is 7.16. The van der Waals surface area contributed by atoms with Gasteiger partial charge in [-0.25, -0.2) is 9.59 Å². The van der Waals surface area contributed by atoms with Gasteiger partial charge < -0.3 is 19.9 Å². The molecule has 9 nitrogen and oxygen atoms in total. The third-order valence-electron chi connectivity index (χ3n) is 5.53. The molecule has 5 amide bonds. The summed E-state index contributed by atoms with van der Waals surface area (Å²) in [5.74, 6) is -0.547. The van der Waals surface area contributed by atoms with Crippen LogP contribution in [-0.2, 0) is 14.3 Å². The van der Waals surface area contributed by atoms with Gasteiger partial charge in [0.05, 0.1) is 7.11 Å². The van der Waals surface area contributed by atoms with Crippen LogP contribution in [0.2, 0.25) is 0 Å². The zero-order chi connectivity index (χ0) is 18.7. The van der Waals surface area contributed by atoms with Crippen molar-refractivity contribution in [2.45, 2.75) is 44.1 Å². The van der Waals surface area contributed by atoms with Gasteiger partial charge in [-0.05, 0) is 19.3 Å². The average Bonchev–Trinajstić information content (AvgIpc) is 2.83. The predicted molar refractivity (Wildman–Crippen MR) is 91.2 cm³/mol. The molecule has 3 rings (SSSR count). The molecule has 2 aliphatic heterocycles. The van der Waals surface area contributed by atoms with E-state index >= 15 is 0 Å². The Labute approximate surface area is 152 Å². The number of imide groups is 1. The van der Waals surface area contributed by atoms with E-state index in [-0.39, 0.29) is 18.4 Å². The van der Waals surface area contributed by atoms with Crippen molar-refractivity contribution >= 4 is 23.9 Å². The summed E-state index contributed by atoms with van der Waals surface area (Å²) in [6, 6.07) is -0.476. The first-order chi connectivity index (χ1) is 12.5. The lowest BCUT2D eigenvalue weighted by atomic mass is 9.82. The van der Waals surface area contributed by atoms with Crippen molar-refractivity contribution in [3.05, 3.63) is 0 Å². The SMILES string of the molecule is COC(=O)N1CCCN(C(=O)CN2C(=O)NC3(CCCCC3)C2=O)CC1. The first-order valence-electron chi connectivity index (χ1n) is 9.22. The van der Waals surface area contributed by atoms with Gasteiger partial charge >= 0.3 is 12.1 Å². The Hall–Kier alpha value is -2.32. The molecule has 0 aromatic carbocycles. The van der Waals surface area contributed by atoms with E-state index in [1.54, 1.807) is 9.80 Å². The van der Waals surface area contributed by atoms with Gasteiger partial charge in [-0.2, -0.15) is 0 Å². The number of carbonyl (C=O) groups excluding carboxylic acids is 4. The number of urea groups is 1. The first kappa shape index (κ1) is 18.5. The van der Waals surface area contributed by atoms with Crippen molar-refractivity contribution < 1.29 is 23.9 Å². The van der Waals surface area contributed by atoms with Crippen molar-refractivity contribution in [1.29, 1.82) is 0 Å². The van der Waals surface area contributed by atoms with E-state index in [0.717, 1.165) is 24.2 Å². The molecular weight excluding hydrogens is 340 g/mol. The lowest BCUT2D eigenvalue weighted by molar-refractivity contribution is -0.139. The predicted octanol–water partition coefficient (Wildman–Crippen LogP) is 0.542. The minimum atomic E-state index is -0.809. The number of hydrogen-bond donors (Lipinski definition) is 1. The molecular formula is C17H26N4O5. The number of methoxy groups -OCH3 is 1. The summed E-state index contributed by atoms with van der Waals surface area (Å²) >= 11 is 0. The molecule has 0 aromatic rings. The van der Waals surface area contributed by atoms with E-state index in [4.69, 9.17) is 4.74 Å². The molecule has 0 radical (unpaired) electrons. The Kier molecular flexibility index (Phi) is 5.33. The van der Waals surface area contributed by atoms with Crippen LogP contribution in [0.5, 0.6) is 0 Å². The van der Waals surface area contributed by atoms with Gasteiger partial charge in [-0.15, -0.1) is 0 Å². The van der Waals surface area contributed by atoms with Crippen molar-refractivity contribution in [2.75, 3.05) is 39.8 Å². The second kappa shape index (κ2) is 7.51. The minimum absolute atomic E-state index is 0.245. The summed E-state index contributed by atoms with van der Waals surface area (Å²) in [4.78, 5) is 53.5. The molecule has 3 fully saturated rings. The molecule has 1 aliphatic carbocycles. The average molecular weight is 366 g/mol. The van der Waals surface area contributed by atoms with E-state index in [9.17, 15) is 19.2 Å². The summed E-state index contributed by atoms with van der Waals surface area (Å²) in [6.45, 7) is 1.50. The van der Waals surface area contributed by atoms with Crippen LogP contribution in [0.25, 0.3) is 0 Å². The fourth-order valence-electron chi connectivity index (χ4n) is 4.03. The fourth-order valence-corrected chi connectivity index (χ4v) is 4.03. The third-order valence-corrected chi connectivity index (χ3v) is 5.53. The topological polar surface area (TPSA) is 99.3 Å². The van der Waals surface area contributed by atoms with E-state index in [1.165, 1.54) is 7.11 Å². The molecule has 0 unspecified atom stereocenters. The minimum Gasteiger partial charge on any atom is -0.453 e. The molecule has 1 spiro atoms. The number of amides is 5. The smallest absolute Gasteiger partial charge is 0.409 e. The van der Waals surface area contributed by atoms with Crippen LogP contribution < -0.4 is 5.32 Å². The fraction of sp³-hybridized carbons (Fsp3) is 0.765. The van der Waals surface area contributed by atoms with Crippen molar-refractivity contribution in [3.63, 3.8) is 0 Å². The number of carbonyl (C=O) groups is 4. The van der Waals surface area contributed by atoms with Crippen LogP contribution in [0.4, 0.5) is 9.59 Å². The molecule has 3 aliphatic rings. The summed E-state index contributed by atoms with van der Waals surface area (Å²) in [6.07, 6.45) is 4.37. The highest BCUT2D eigenvalue weighted by molar-refractivity contribution is 6.09. The van der Waals surface area contributed by atoms with Crippen LogP contribution in [0, 0.1) is 0 Å². The Morgan fingerprint density at radius 2 is 1.65 bits per heavy atom. The maximum Gasteiger partial charge on any atom is 0.409 e. The Balaban J connectivity index is 1.60. The standard InChI is InChI=1S/C17H26N4O5/c1-26-16(25)20-9-5-8-19(10-11-20)13(22)12-21-14(23)17(18-15(21)24)6-3-2-4-7-17/h2-12H2,1H3,(H,18,24). The molecule has 2 saturated heterocycles. The molecule has 144 valence electrons. The quantitative estimate of drug-likeness (QED) is 0.719. The summed E-state index contributed by atoms with van der Waals surface area (Å²) in [7, 11) is 1.33. The molecule has 1 N–H and O–H groups in total. The van der Waals surface area contributed by atoms with Gasteiger partial charge in [0.1, 0.15) is 12.1 Å². The molecule has 0 aromatic heterocycles. The number of hydrogen-bond acceptors (Lipinski definition) is 5. The zero-order valence-electron chi connectivity index (χ0n) is 15.2. The van der Waals surface area contributed by atoms with Gasteiger partial charge in [0.2, 0.25) is 5.91 Å². The Morgan fingerprint density at radius 1 is 1.00 bits per heavy atom. The summed E-state index contributed by atoms with van der Waals surface area (Å²) < 4.78 is 4.72. The highest BCUT2D eigenvalue weighted by Crippen LogP contribution is 2.33. The summed E-state index contributed by atoms with van der Waals surface area (Å²) in [5.41, 5.74) is -0.809. The van der Waals surface area contributed by atoms with Gasteiger partial charge in [-0.3, -0.25) is 14.5 Å². The van der Waals surface area contributed by atoms with Gasteiger partial charge in [0.25, 0.3) is 5.91 Å². The first-order valence-corrected chi connectivity index (χ1v) is 9.22. The molecule has 2 heterocycles. The highest BCUT2D eigenvalue weighted by Gasteiger charge is 2.51. The molecule has 26 heavy (non-hydrogen) atoms. The van der Waals surface area contributed by atoms with E-state index in [1.807, 2.05) is 0 Å². The molecule has 0 atom stereocenters. The largest absolute Gasteiger partial charge is 0.453 e. The highest BCUT2D eigenvalue weighted by atomic mass is 16.5. The van der Waals surface area contributed by atoms with E-state index < -0.39 is 17.7 Å². The van der Waals surface area contributed by atoms with Crippen molar-refractivity contribution in [3.8, 4) is 0 Å². The van der Waals surface area contributed by atoms with Crippen LogP contribution in [0.15, 0.2) is 0 Å². The van der Waals surface area contributed by atoms with E-state index in [2.05, 4.69) is 5.32 Å². The molecule has 0 bridgehead atoms. The number of nitrogens with zero attached hydrogens (tertiary/aromatic N) is 3. The number of ether oxygens (including phenoxy) is 1. The second-order valence-corrected chi connectivity index (χ2v) is 7.16.